The first-order valence-electron chi connectivity index (χ1n) is 8.43. The van der Waals surface area contributed by atoms with Crippen molar-refractivity contribution in [1.82, 2.24) is 9.80 Å². The lowest BCUT2D eigenvalue weighted by molar-refractivity contribution is -0.0897. The summed E-state index contributed by atoms with van der Waals surface area (Å²) in [4.78, 5) is 9.58. The second kappa shape index (κ2) is 7.21. The number of rotatable bonds is 6. The van der Waals surface area contributed by atoms with Crippen LogP contribution in [0.25, 0.3) is 0 Å². The second-order valence-corrected chi connectivity index (χ2v) is 7.72. The highest BCUT2D eigenvalue weighted by atomic mass is 16.5. The van der Waals surface area contributed by atoms with Gasteiger partial charge in [0.15, 0.2) is 0 Å². The summed E-state index contributed by atoms with van der Waals surface area (Å²) in [6.45, 7) is 10.9. The molecule has 122 valence electrons. The Labute approximate surface area is 130 Å². The third-order valence-electron chi connectivity index (χ3n) is 4.65. The third kappa shape index (κ3) is 5.35. The van der Waals surface area contributed by atoms with Crippen molar-refractivity contribution in [2.45, 2.75) is 45.1 Å². The number of hydrogen-bond acceptors (Lipinski definition) is 4. The molecule has 2 saturated heterocycles. The highest BCUT2D eigenvalue weighted by Gasteiger charge is 2.41. The van der Waals surface area contributed by atoms with Gasteiger partial charge in [0.25, 0.3) is 0 Å². The van der Waals surface area contributed by atoms with Crippen LogP contribution in [0.4, 0.5) is 0 Å². The molecule has 0 N–H and O–H groups in total. The summed E-state index contributed by atoms with van der Waals surface area (Å²) >= 11 is 0. The van der Waals surface area contributed by atoms with E-state index in [1.165, 1.54) is 25.9 Å². The number of likely N-dealkylation sites (tertiary alicyclic amines) is 1. The maximum Gasteiger partial charge on any atom is 0.0635 e. The molecule has 0 unspecified atom stereocenters. The van der Waals surface area contributed by atoms with Crippen LogP contribution in [-0.4, -0.2) is 75.0 Å². The van der Waals surface area contributed by atoms with Crippen LogP contribution in [0.2, 0.25) is 0 Å². The van der Waals surface area contributed by atoms with Crippen LogP contribution < -0.4 is 0 Å². The predicted molar refractivity (Wildman–Crippen MR) is 89.3 cm³/mol. The smallest absolute Gasteiger partial charge is 0.0635 e. The lowest BCUT2D eigenvalue weighted by Crippen LogP contribution is -2.48. The first-order chi connectivity index (χ1) is 9.91. The van der Waals surface area contributed by atoms with Crippen LogP contribution in [0.15, 0.2) is 4.99 Å². The lowest BCUT2D eigenvalue weighted by Gasteiger charge is -2.44. The maximum absolute atomic E-state index is 5.94. The number of hydrogen-bond donors (Lipinski definition) is 0. The van der Waals surface area contributed by atoms with Crippen molar-refractivity contribution in [2.75, 3.05) is 53.4 Å². The molecule has 4 nitrogen and oxygen atoms in total. The van der Waals surface area contributed by atoms with Gasteiger partial charge in [-0.05, 0) is 66.7 Å². The molecule has 0 aromatic rings. The van der Waals surface area contributed by atoms with Crippen molar-refractivity contribution in [2.24, 2.45) is 10.4 Å². The summed E-state index contributed by atoms with van der Waals surface area (Å²) in [5.74, 6) is 0. The number of ether oxygens (including phenoxy) is 1. The van der Waals surface area contributed by atoms with Gasteiger partial charge in [-0.3, -0.25) is 4.99 Å². The largest absolute Gasteiger partial charge is 0.376 e. The number of nitrogens with zero attached hydrogens (tertiary/aromatic N) is 3. The Morgan fingerprint density at radius 3 is 2.57 bits per heavy atom. The Hall–Kier alpha value is -0.450. The van der Waals surface area contributed by atoms with E-state index in [0.29, 0.717) is 0 Å². The van der Waals surface area contributed by atoms with Gasteiger partial charge in [0.1, 0.15) is 0 Å². The van der Waals surface area contributed by atoms with E-state index in [1.54, 1.807) is 0 Å². The fraction of sp³-hybridized carbons (Fsp3) is 0.941. The molecule has 4 heteroatoms. The van der Waals surface area contributed by atoms with E-state index in [4.69, 9.17) is 9.73 Å². The Bertz CT molecular complexity index is 348. The molecule has 2 aliphatic rings. The molecular formula is C17H33N3O. The van der Waals surface area contributed by atoms with E-state index in [1.807, 2.05) is 0 Å². The van der Waals surface area contributed by atoms with E-state index in [9.17, 15) is 0 Å². The van der Waals surface area contributed by atoms with Crippen molar-refractivity contribution in [3.05, 3.63) is 0 Å². The predicted octanol–water partition coefficient (Wildman–Crippen LogP) is 2.29. The zero-order chi connectivity index (χ0) is 15.3. The first kappa shape index (κ1) is 16.9. The minimum atomic E-state index is -0.0223. The van der Waals surface area contributed by atoms with Gasteiger partial charge >= 0.3 is 0 Å². The van der Waals surface area contributed by atoms with Crippen LogP contribution >= 0.6 is 0 Å². The Morgan fingerprint density at radius 1 is 1.24 bits per heavy atom. The van der Waals surface area contributed by atoms with Crippen molar-refractivity contribution in [3.8, 4) is 0 Å². The molecule has 0 aliphatic carbocycles. The van der Waals surface area contributed by atoms with Gasteiger partial charge in [0.2, 0.25) is 0 Å². The third-order valence-corrected chi connectivity index (χ3v) is 4.65. The van der Waals surface area contributed by atoms with Crippen molar-refractivity contribution >= 4 is 6.21 Å². The second-order valence-electron chi connectivity index (χ2n) is 7.72. The molecule has 0 aromatic heterocycles. The Kier molecular flexibility index (Phi) is 5.81. The Morgan fingerprint density at radius 2 is 1.95 bits per heavy atom. The molecule has 0 aromatic carbocycles. The van der Waals surface area contributed by atoms with Crippen molar-refractivity contribution < 1.29 is 4.74 Å². The Balaban J connectivity index is 2.01. The van der Waals surface area contributed by atoms with Crippen LogP contribution in [0.1, 0.15) is 39.5 Å². The van der Waals surface area contributed by atoms with Crippen LogP contribution in [0.5, 0.6) is 0 Å². The van der Waals surface area contributed by atoms with Crippen molar-refractivity contribution in [3.63, 3.8) is 0 Å². The molecule has 2 rings (SSSR count). The lowest BCUT2D eigenvalue weighted by atomic mass is 9.74. The van der Waals surface area contributed by atoms with E-state index >= 15 is 0 Å². The minimum absolute atomic E-state index is 0.0223. The summed E-state index contributed by atoms with van der Waals surface area (Å²) in [6, 6.07) is 0. The van der Waals surface area contributed by atoms with Crippen LogP contribution in [-0.2, 0) is 4.74 Å². The number of likely N-dealkylation sites (N-methyl/N-ethyl adjacent to an activating group) is 1. The highest BCUT2D eigenvalue weighted by Crippen LogP contribution is 2.38. The summed E-state index contributed by atoms with van der Waals surface area (Å²) in [7, 11) is 4.21. The van der Waals surface area contributed by atoms with E-state index in [2.05, 4.69) is 44.0 Å². The van der Waals surface area contributed by atoms with E-state index in [-0.39, 0.29) is 11.0 Å². The van der Waals surface area contributed by atoms with Gasteiger partial charge in [-0.2, -0.15) is 0 Å². The first-order valence-corrected chi connectivity index (χ1v) is 8.43. The molecule has 0 spiro atoms. The molecule has 0 amide bonds. The van der Waals surface area contributed by atoms with Gasteiger partial charge in [-0.25, -0.2) is 0 Å². The molecule has 2 heterocycles. The van der Waals surface area contributed by atoms with Gasteiger partial charge in [-0.15, -0.1) is 0 Å². The molecule has 1 atom stereocenters. The monoisotopic (exact) mass is 295 g/mol. The maximum atomic E-state index is 5.94. The van der Waals surface area contributed by atoms with Gasteiger partial charge in [0, 0.05) is 31.3 Å². The number of aliphatic imine (C=N–C) groups is 1. The van der Waals surface area contributed by atoms with Crippen LogP contribution in [0.3, 0.4) is 0 Å². The van der Waals surface area contributed by atoms with E-state index in [0.717, 1.165) is 39.1 Å². The summed E-state index contributed by atoms with van der Waals surface area (Å²) < 4.78 is 5.94. The van der Waals surface area contributed by atoms with Crippen LogP contribution in [0, 0.1) is 5.41 Å². The quantitative estimate of drug-likeness (QED) is 0.704. The SMILES string of the molecule is CN(C)CCN=C[C@@]1(CN2CCCC2)CCOC(C)(C)C1. The molecule has 2 fully saturated rings. The fourth-order valence-corrected chi connectivity index (χ4v) is 3.71. The zero-order valence-electron chi connectivity index (χ0n) is 14.4. The average molecular weight is 295 g/mol. The van der Waals surface area contributed by atoms with Gasteiger partial charge in [-0.1, -0.05) is 0 Å². The molecule has 21 heavy (non-hydrogen) atoms. The molecule has 2 aliphatic heterocycles. The minimum Gasteiger partial charge on any atom is -0.376 e. The fourth-order valence-electron chi connectivity index (χ4n) is 3.71. The standard InChI is InChI=1S/C17H33N3O/c1-16(2)13-17(7-12-21-16,14-18-8-11-19(3)4)15-20-9-5-6-10-20/h14H,5-13,15H2,1-4H3/t17-/m1/s1. The molecule has 0 bridgehead atoms. The van der Waals surface area contributed by atoms with Gasteiger partial charge < -0.3 is 14.5 Å². The van der Waals surface area contributed by atoms with Gasteiger partial charge in [0.05, 0.1) is 12.1 Å². The normalized spacial score (nSPS) is 30.5. The molecule has 0 saturated carbocycles. The van der Waals surface area contributed by atoms with Crippen molar-refractivity contribution in [1.29, 1.82) is 0 Å². The average Bonchev–Trinajstić information content (AvgIpc) is 2.86. The van der Waals surface area contributed by atoms with E-state index < -0.39 is 0 Å². The highest BCUT2D eigenvalue weighted by molar-refractivity contribution is 5.66. The summed E-state index contributed by atoms with van der Waals surface area (Å²) in [5.41, 5.74) is 0.184. The topological polar surface area (TPSA) is 28.1 Å². The molecular weight excluding hydrogens is 262 g/mol. The summed E-state index contributed by atoms with van der Waals surface area (Å²) in [6.07, 6.45) is 7.18. The molecule has 0 radical (unpaired) electrons. The zero-order valence-corrected chi connectivity index (χ0v) is 14.4. The summed E-state index contributed by atoms with van der Waals surface area (Å²) in [5, 5.41) is 0.